The molecule has 2 rings (SSSR count). The zero-order chi connectivity index (χ0) is 12.8. The molecule has 1 aromatic rings. The number of benzene rings is 1. The summed E-state index contributed by atoms with van der Waals surface area (Å²) in [6.07, 6.45) is 2.62. The molecule has 1 saturated heterocycles. The molecule has 0 spiro atoms. The first kappa shape index (κ1) is 13.4. The molecule has 4 heteroatoms. The highest BCUT2D eigenvalue weighted by atomic mass is 32.2. The summed E-state index contributed by atoms with van der Waals surface area (Å²) in [5.74, 6) is 4.14. The van der Waals surface area contributed by atoms with Crippen LogP contribution in [0.4, 0.5) is 11.4 Å². The maximum Gasteiger partial charge on any atom is 0.144 e. The van der Waals surface area contributed by atoms with Crippen molar-refractivity contribution in [2.24, 2.45) is 5.92 Å². The molecular weight excluding hydrogens is 244 g/mol. The van der Waals surface area contributed by atoms with Crippen LogP contribution in [0.1, 0.15) is 19.8 Å². The molecule has 1 heterocycles. The van der Waals surface area contributed by atoms with E-state index in [-0.39, 0.29) is 0 Å². The van der Waals surface area contributed by atoms with Crippen LogP contribution in [-0.2, 0) is 0 Å². The lowest BCUT2D eigenvalue weighted by Gasteiger charge is -2.22. The fourth-order valence-electron chi connectivity index (χ4n) is 2.18. The van der Waals surface area contributed by atoms with Gasteiger partial charge in [0.1, 0.15) is 5.75 Å². The number of nitrogens with two attached hydrogens (primary N) is 1. The number of anilines is 2. The number of nitrogen functional groups attached to an aromatic ring is 1. The molecule has 0 aromatic heterocycles. The topological polar surface area (TPSA) is 47.3 Å². The van der Waals surface area contributed by atoms with Crippen LogP contribution in [0.5, 0.6) is 5.75 Å². The van der Waals surface area contributed by atoms with Gasteiger partial charge in [-0.3, -0.25) is 0 Å². The van der Waals surface area contributed by atoms with E-state index in [9.17, 15) is 0 Å². The number of para-hydroxylation sites is 1. The minimum Gasteiger partial charge on any atom is -0.492 e. The molecule has 0 amide bonds. The first-order valence-corrected chi connectivity index (χ1v) is 7.79. The van der Waals surface area contributed by atoms with Crippen molar-refractivity contribution < 1.29 is 4.74 Å². The van der Waals surface area contributed by atoms with Gasteiger partial charge < -0.3 is 15.8 Å². The standard InChI is InChI=1S/C14H22N2OS/c1-2-17-13-5-3-4-12(14(13)15)16-10-11-6-8-18-9-7-11/h3-5,11,16H,2,6-10,15H2,1H3. The van der Waals surface area contributed by atoms with Crippen molar-refractivity contribution in [3.05, 3.63) is 18.2 Å². The lowest BCUT2D eigenvalue weighted by atomic mass is 10.0. The molecule has 3 nitrogen and oxygen atoms in total. The molecule has 1 aliphatic heterocycles. The predicted molar refractivity (Wildman–Crippen MR) is 80.6 cm³/mol. The predicted octanol–water partition coefficient (Wildman–Crippen LogP) is 3.22. The van der Waals surface area contributed by atoms with Crippen LogP contribution in [0.25, 0.3) is 0 Å². The average molecular weight is 266 g/mol. The van der Waals surface area contributed by atoms with Gasteiger partial charge in [-0.05, 0) is 49.3 Å². The van der Waals surface area contributed by atoms with Gasteiger partial charge in [0.15, 0.2) is 0 Å². The lowest BCUT2D eigenvalue weighted by Crippen LogP contribution is -2.19. The summed E-state index contributed by atoms with van der Waals surface area (Å²) in [6.45, 7) is 3.63. The second-order valence-electron chi connectivity index (χ2n) is 4.59. The van der Waals surface area contributed by atoms with E-state index in [4.69, 9.17) is 10.5 Å². The third-order valence-electron chi connectivity index (χ3n) is 3.29. The first-order valence-electron chi connectivity index (χ1n) is 6.64. The summed E-state index contributed by atoms with van der Waals surface area (Å²) in [6, 6.07) is 5.93. The van der Waals surface area contributed by atoms with Crippen LogP contribution in [0.3, 0.4) is 0 Å². The third kappa shape index (κ3) is 3.48. The van der Waals surface area contributed by atoms with Crippen molar-refractivity contribution in [1.29, 1.82) is 0 Å². The molecule has 0 aliphatic carbocycles. The Bertz CT molecular complexity index is 378. The minimum absolute atomic E-state index is 0.646. The summed E-state index contributed by atoms with van der Waals surface area (Å²) < 4.78 is 5.50. The number of nitrogens with one attached hydrogen (secondary N) is 1. The van der Waals surface area contributed by atoms with Gasteiger partial charge in [0.25, 0.3) is 0 Å². The highest BCUT2D eigenvalue weighted by Crippen LogP contribution is 2.30. The van der Waals surface area contributed by atoms with E-state index < -0.39 is 0 Å². The summed E-state index contributed by atoms with van der Waals surface area (Å²) in [5.41, 5.74) is 7.82. The van der Waals surface area contributed by atoms with Crippen molar-refractivity contribution in [2.75, 3.05) is 35.7 Å². The lowest BCUT2D eigenvalue weighted by molar-refractivity contribution is 0.342. The van der Waals surface area contributed by atoms with E-state index in [0.717, 1.165) is 29.6 Å². The normalized spacial score (nSPS) is 16.5. The van der Waals surface area contributed by atoms with Crippen LogP contribution in [0.2, 0.25) is 0 Å². The van der Waals surface area contributed by atoms with Crippen molar-refractivity contribution in [3.63, 3.8) is 0 Å². The molecule has 1 fully saturated rings. The van der Waals surface area contributed by atoms with Crippen LogP contribution in [0.15, 0.2) is 18.2 Å². The van der Waals surface area contributed by atoms with E-state index >= 15 is 0 Å². The Balaban J connectivity index is 1.93. The van der Waals surface area contributed by atoms with E-state index in [1.165, 1.54) is 24.3 Å². The van der Waals surface area contributed by atoms with Gasteiger partial charge in [-0.15, -0.1) is 0 Å². The van der Waals surface area contributed by atoms with E-state index in [1.807, 2.05) is 25.1 Å². The average Bonchev–Trinajstić information content (AvgIpc) is 2.41. The number of hydrogen-bond donors (Lipinski definition) is 2. The molecule has 0 saturated carbocycles. The Morgan fingerprint density at radius 3 is 2.89 bits per heavy atom. The molecule has 100 valence electrons. The molecule has 18 heavy (non-hydrogen) atoms. The maximum absolute atomic E-state index is 6.09. The summed E-state index contributed by atoms with van der Waals surface area (Å²) in [4.78, 5) is 0. The number of rotatable bonds is 5. The van der Waals surface area contributed by atoms with Gasteiger partial charge in [0.2, 0.25) is 0 Å². The van der Waals surface area contributed by atoms with E-state index in [0.29, 0.717) is 6.61 Å². The summed E-state index contributed by atoms with van der Waals surface area (Å²) in [5, 5.41) is 3.47. The highest BCUT2D eigenvalue weighted by molar-refractivity contribution is 7.99. The van der Waals surface area contributed by atoms with Gasteiger partial charge in [0, 0.05) is 6.54 Å². The molecule has 3 N–H and O–H groups in total. The first-order chi connectivity index (χ1) is 8.81. The highest BCUT2D eigenvalue weighted by Gasteiger charge is 2.14. The SMILES string of the molecule is CCOc1cccc(NCC2CCSCC2)c1N. The number of thioether (sulfide) groups is 1. The van der Waals surface area contributed by atoms with Crippen LogP contribution in [-0.4, -0.2) is 24.7 Å². The third-order valence-corrected chi connectivity index (χ3v) is 4.34. The van der Waals surface area contributed by atoms with Gasteiger partial charge in [-0.2, -0.15) is 11.8 Å². The van der Waals surface area contributed by atoms with Gasteiger partial charge in [-0.25, -0.2) is 0 Å². The van der Waals surface area contributed by atoms with Crippen LogP contribution < -0.4 is 15.8 Å². The molecule has 1 aromatic carbocycles. The molecule has 0 atom stereocenters. The van der Waals surface area contributed by atoms with Crippen molar-refractivity contribution in [2.45, 2.75) is 19.8 Å². The Morgan fingerprint density at radius 2 is 2.17 bits per heavy atom. The van der Waals surface area contributed by atoms with Gasteiger partial charge in [-0.1, -0.05) is 6.07 Å². The molecular formula is C14H22N2OS. The second kappa shape index (κ2) is 6.78. The largest absolute Gasteiger partial charge is 0.492 e. The number of hydrogen-bond acceptors (Lipinski definition) is 4. The van der Waals surface area contributed by atoms with Crippen molar-refractivity contribution >= 4 is 23.1 Å². The van der Waals surface area contributed by atoms with E-state index in [1.54, 1.807) is 0 Å². The quantitative estimate of drug-likeness (QED) is 0.803. The van der Waals surface area contributed by atoms with Crippen molar-refractivity contribution in [1.82, 2.24) is 0 Å². The molecule has 0 unspecified atom stereocenters. The molecule has 0 bridgehead atoms. The summed E-state index contributed by atoms with van der Waals surface area (Å²) in [7, 11) is 0. The zero-order valence-electron chi connectivity index (χ0n) is 10.9. The smallest absolute Gasteiger partial charge is 0.144 e. The van der Waals surface area contributed by atoms with Crippen LogP contribution in [0, 0.1) is 5.92 Å². The Kier molecular flexibility index (Phi) is 5.05. The number of ether oxygens (including phenoxy) is 1. The Hall–Kier alpha value is -1.03. The fourth-order valence-corrected chi connectivity index (χ4v) is 3.39. The second-order valence-corrected chi connectivity index (χ2v) is 5.81. The molecule has 1 aliphatic rings. The van der Waals surface area contributed by atoms with Crippen LogP contribution >= 0.6 is 11.8 Å². The molecule has 0 radical (unpaired) electrons. The Morgan fingerprint density at radius 1 is 1.39 bits per heavy atom. The monoisotopic (exact) mass is 266 g/mol. The summed E-state index contributed by atoms with van der Waals surface area (Å²) >= 11 is 2.06. The Labute approximate surface area is 113 Å². The maximum atomic E-state index is 6.09. The van der Waals surface area contributed by atoms with E-state index in [2.05, 4.69) is 17.1 Å². The minimum atomic E-state index is 0.646. The van der Waals surface area contributed by atoms with Gasteiger partial charge in [0.05, 0.1) is 18.0 Å². The fraction of sp³-hybridized carbons (Fsp3) is 0.571. The van der Waals surface area contributed by atoms with Gasteiger partial charge >= 0.3 is 0 Å². The van der Waals surface area contributed by atoms with Crippen molar-refractivity contribution in [3.8, 4) is 5.75 Å². The zero-order valence-corrected chi connectivity index (χ0v) is 11.8.